The van der Waals surface area contributed by atoms with Gasteiger partial charge < -0.3 is 10.3 Å². The Bertz CT molecular complexity index is 1130. The summed E-state index contributed by atoms with van der Waals surface area (Å²) in [5, 5.41) is 5.49. The van der Waals surface area contributed by atoms with Crippen LogP contribution < -0.4 is 5.32 Å². The minimum Gasteiger partial charge on any atom is -0.361 e. The Hall–Kier alpha value is -2.75. The van der Waals surface area contributed by atoms with Crippen LogP contribution in [0.4, 0.5) is 0 Å². The van der Waals surface area contributed by atoms with E-state index < -0.39 is 0 Å². The topological polar surface area (TPSA) is 44.9 Å². The fourth-order valence-corrected chi connectivity index (χ4v) is 3.62. The zero-order chi connectivity index (χ0) is 19.5. The number of amides is 1. The van der Waals surface area contributed by atoms with E-state index in [4.69, 9.17) is 23.2 Å². The third-order valence-electron chi connectivity index (χ3n) is 4.74. The molecule has 0 unspecified atom stereocenters. The number of rotatable bonds is 5. The summed E-state index contributed by atoms with van der Waals surface area (Å²) in [7, 11) is 0. The van der Waals surface area contributed by atoms with Gasteiger partial charge >= 0.3 is 0 Å². The quantitative estimate of drug-likeness (QED) is 0.410. The molecule has 3 aromatic carbocycles. The Balaban J connectivity index is 1.48. The summed E-state index contributed by atoms with van der Waals surface area (Å²) in [5.74, 6) is -0.0941. The first-order valence-corrected chi connectivity index (χ1v) is 9.76. The molecule has 1 amide bonds. The number of hydrogen-bond donors (Lipinski definition) is 2. The summed E-state index contributed by atoms with van der Waals surface area (Å²) in [6.07, 6.45) is 2.68. The third kappa shape index (κ3) is 3.91. The van der Waals surface area contributed by atoms with Crippen molar-refractivity contribution in [3.8, 4) is 11.1 Å². The fraction of sp³-hybridized carbons (Fsp3) is 0.0870. The number of aromatic nitrogens is 1. The maximum Gasteiger partial charge on any atom is 0.251 e. The van der Waals surface area contributed by atoms with Crippen LogP contribution in [0.15, 0.2) is 72.9 Å². The Kier molecular flexibility index (Phi) is 5.38. The minimum absolute atomic E-state index is 0.0941. The zero-order valence-electron chi connectivity index (χ0n) is 15.0. The van der Waals surface area contributed by atoms with Gasteiger partial charge in [-0.05, 0) is 59.5 Å². The highest BCUT2D eigenvalue weighted by atomic mass is 35.5. The van der Waals surface area contributed by atoms with E-state index in [2.05, 4.69) is 10.3 Å². The second-order valence-corrected chi connectivity index (χ2v) is 7.44. The first kappa shape index (κ1) is 18.6. The summed E-state index contributed by atoms with van der Waals surface area (Å²) < 4.78 is 0. The van der Waals surface area contributed by atoms with Crippen molar-refractivity contribution >= 4 is 40.0 Å². The number of hydrogen-bond acceptors (Lipinski definition) is 1. The number of aromatic amines is 1. The maximum absolute atomic E-state index is 12.8. The molecule has 5 heteroatoms. The van der Waals surface area contributed by atoms with Crippen molar-refractivity contribution in [3.05, 3.63) is 94.1 Å². The third-order valence-corrected chi connectivity index (χ3v) is 5.22. The molecule has 0 spiro atoms. The van der Waals surface area contributed by atoms with Gasteiger partial charge in [0, 0.05) is 39.3 Å². The van der Waals surface area contributed by atoms with E-state index in [0.717, 1.165) is 34.0 Å². The molecule has 1 heterocycles. The molecular weight excluding hydrogens is 391 g/mol. The van der Waals surface area contributed by atoms with Gasteiger partial charge in [0.15, 0.2) is 0 Å². The molecule has 0 atom stereocenters. The molecule has 0 radical (unpaired) electrons. The molecule has 4 rings (SSSR count). The molecule has 0 saturated heterocycles. The van der Waals surface area contributed by atoms with Crippen molar-refractivity contribution in [2.45, 2.75) is 6.42 Å². The predicted molar refractivity (Wildman–Crippen MR) is 116 cm³/mol. The van der Waals surface area contributed by atoms with Crippen LogP contribution in [0.25, 0.3) is 22.0 Å². The van der Waals surface area contributed by atoms with Crippen LogP contribution in [0.5, 0.6) is 0 Å². The molecule has 0 aliphatic rings. The first-order chi connectivity index (χ1) is 13.6. The highest BCUT2D eigenvalue weighted by Gasteiger charge is 2.12. The number of halogens is 2. The molecule has 2 N–H and O–H groups in total. The summed E-state index contributed by atoms with van der Waals surface area (Å²) in [6.45, 7) is 0.535. The number of carbonyl (C=O) groups excluding carboxylic acids is 1. The Morgan fingerprint density at radius 3 is 2.50 bits per heavy atom. The first-order valence-electron chi connectivity index (χ1n) is 9.00. The molecule has 140 valence electrons. The van der Waals surface area contributed by atoms with Crippen molar-refractivity contribution in [1.82, 2.24) is 10.3 Å². The standard InChI is InChI=1S/C23H18Cl2N2O/c24-17-7-5-15(6-8-17)19-3-1-2-4-20(19)23(28)26-12-11-16-14-27-22-10-9-18(25)13-21(16)22/h1-10,13-14,27H,11-12H2,(H,26,28). The largest absolute Gasteiger partial charge is 0.361 e. The normalized spacial score (nSPS) is 10.9. The van der Waals surface area contributed by atoms with Crippen LogP contribution in [0.1, 0.15) is 15.9 Å². The molecule has 0 bridgehead atoms. The van der Waals surface area contributed by atoms with Crippen molar-refractivity contribution in [1.29, 1.82) is 0 Å². The van der Waals surface area contributed by atoms with Gasteiger partial charge in [-0.1, -0.05) is 53.5 Å². The van der Waals surface area contributed by atoms with E-state index in [-0.39, 0.29) is 5.91 Å². The lowest BCUT2D eigenvalue weighted by atomic mass is 9.99. The van der Waals surface area contributed by atoms with E-state index >= 15 is 0 Å². The van der Waals surface area contributed by atoms with Gasteiger partial charge in [0.1, 0.15) is 0 Å². The van der Waals surface area contributed by atoms with Gasteiger partial charge in [-0.15, -0.1) is 0 Å². The lowest BCUT2D eigenvalue weighted by Gasteiger charge is -2.10. The van der Waals surface area contributed by atoms with Gasteiger partial charge in [0.05, 0.1) is 0 Å². The molecular formula is C23H18Cl2N2O. The zero-order valence-corrected chi connectivity index (χ0v) is 16.5. The second-order valence-electron chi connectivity index (χ2n) is 6.56. The van der Waals surface area contributed by atoms with Crippen LogP contribution in [0.3, 0.4) is 0 Å². The van der Waals surface area contributed by atoms with Crippen LogP contribution in [0, 0.1) is 0 Å². The van der Waals surface area contributed by atoms with Crippen molar-refractivity contribution in [3.63, 3.8) is 0 Å². The van der Waals surface area contributed by atoms with E-state index in [0.29, 0.717) is 22.2 Å². The monoisotopic (exact) mass is 408 g/mol. The van der Waals surface area contributed by atoms with Crippen LogP contribution in [0.2, 0.25) is 10.0 Å². The number of fused-ring (bicyclic) bond motifs is 1. The van der Waals surface area contributed by atoms with E-state index in [1.807, 2.05) is 72.9 Å². The molecule has 0 fully saturated rings. The summed E-state index contributed by atoms with van der Waals surface area (Å²) >= 11 is 12.1. The predicted octanol–water partition coefficient (Wildman–Crippen LogP) is 6.11. The number of nitrogens with one attached hydrogen (secondary N) is 2. The van der Waals surface area contributed by atoms with Crippen LogP contribution in [-0.2, 0) is 6.42 Å². The van der Waals surface area contributed by atoms with Crippen molar-refractivity contribution in [2.24, 2.45) is 0 Å². The second kappa shape index (κ2) is 8.09. The molecule has 0 aliphatic heterocycles. The smallest absolute Gasteiger partial charge is 0.251 e. The maximum atomic E-state index is 12.8. The summed E-state index contributed by atoms with van der Waals surface area (Å²) in [6, 6.07) is 20.8. The molecule has 3 nitrogen and oxygen atoms in total. The Morgan fingerprint density at radius 1 is 0.929 bits per heavy atom. The van der Waals surface area contributed by atoms with Crippen LogP contribution in [-0.4, -0.2) is 17.4 Å². The molecule has 0 saturated carbocycles. The lowest BCUT2D eigenvalue weighted by Crippen LogP contribution is -2.26. The SMILES string of the molecule is O=C(NCCc1c[nH]c2ccc(Cl)cc12)c1ccccc1-c1ccc(Cl)cc1. The molecule has 1 aromatic heterocycles. The van der Waals surface area contributed by atoms with Gasteiger partial charge in [0.25, 0.3) is 5.91 Å². The lowest BCUT2D eigenvalue weighted by molar-refractivity contribution is 0.0955. The number of benzene rings is 3. The molecule has 0 aliphatic carbocycles. The summed E-state index contributed by atoms with van der Waals surface area (Å²) in [5.41, 5.74) is 4.66. The minimum atomic E-state index is -0.0941. The van der Waals surface area contributed by atoms with E-state index in [9.17, 15) is 4.79 Å². The molecule has 4 aromatic rings. The number of H-pyrrole nitrogens is 1. The van der Waals surface area contributed by atoms with E-state index in [1.54, 1.807) is 0 Å². The van der Waals surface area contributed by atoms with Gasteiger partial charge in [-0.25, -0.2) is 0 Å². The van der Waals surface area contributed by atoms with E-state index in [1.165, 1.54) is 0 Å². The highest BCUT2D eigenvalue weighted by molar-refractivity contribution is 6.31. The molecule has 28 heavy (non-hydrogen) atoms. The van der Waals surface area contributed by atoms with Gasteiger partial charge in [-0.3, -0.25) is 4.79 Å². The van der Waals surface area contributed by atoms with Crippen molar-refractivity contribution < 1.29 is 4.79 Å². The van der Waals surface area contributed by atoms with Crippen molar-refractivity contribution in [2.75, 3.05) is 6.54 Å². The van der Waals surface area contributed by atoms with Crippen LogP contribution >= 0.6 is 23.2 Å². The van der Waals surface area contributed by atoms with Gasteiger partial charge in [0.2, 0.25) is 0 Å². The number of carbonyl (C=O) groups is 1. The average Bonchev–Trinajstić information content (AvgIpc) is 3.10. The summed E-state index contributed by atoms with van der Waals surface area (Å²) in [4.78, 5) is 16.0. The Labute approximate surface area is 173 Å². The fourth-order valence-electron chi connectivity index (χ4n) is 3.33. The average molecular weight is 409 g/mol. The Morgan fingerprint density at radius 2 is 1.68 bits per heavy atom. The van der Waals surface area contributed by atoms with Gasteiger partial charge in [-0.2, -0.15) is 0 Å². The highest BCUT2D eigenvalue weighted by Crippen LogP contribution is 2.25.